The summed E-state index contributed by atoms with van der Waals surface area (Å²) in [7, 11) is 0. The highest BCUT2D eigenvalue weighted by molar-refractivity contribution is 4.70. The molecule has 0 N–H and O–H groups in total. The van der Waals surface area contributed by atoms with Gasteiger partial charge < -0.3 is 9.47 Å². The van der Waals surface area contributed by atoms with Gasteiger partial charge in [-0.1, -0.05) is 6.92 Å². The first kappa shape index (κ1) is 7.03. The molecule has 0 aromatic carbocycles. The molecule has 0 spiro atoms. The zero-order chi connectivity index (χ0) is 6.91. The van der Waals surface area contributed by atoms with Gasteiger partial charge in [-0.2, -0.15) is 0 Å². The molecule has 2 heteroatoms. The van der Waals surface area contributed by atoms with E-state index in [4.69, 9.17) is 9.47 Å². The topological polar surface area (TPSA) is 18.5 Å². The molecule has 9 heavy (non-hydrogen) atoms. The van der Waals surface area contributed by atoms with Crippen LogP contribution in [0.1, 0.15) is 20.3 Å². The summed E-state index contributed by atoms with van der Waals surface area (Å²) in [5, 5.41) is 0. The molecule has 1 aliphatic heterocycles. The molecular formula is C7H13O2. The minimum Gasteiger partial charge on any atom is -0.348 e. The number of hydrogen-bond acceptors (Lipinski definition) is 2. The SMILES string of the molecule is [CH2]CC1COC(C)(C)O1. The molecule has 53 valence electrons. The van der Waals surface area contributed by atoms with Gasteiger partial charge in [0.2, 0.25) is 0 Å². The second-order valence-electron chi connectivity index (χ2n) is 2.74. The Hall–Kier alpha value is -0.0800. The Bertz CT molecular complexity index is 99.1. The summed E-state index contributed by atoms with van der Waals surface area (Å²) >= 11 is 0. The molecule has 1 radical (unpaired) electrons. The molecule has 0 aromatic heterocycles. The Morgan fingerprint density at radius 3 is 2.56 bits per heavy atom. The highest BCUT2D eigenvalue weighted by Gasteiger charge is 2.31. The van der Waals surface area contributed by atoms with Crippen LogP contribution in [-0.4, -0.2) is 18.5 Å². The monoisotopic (exact) mass is 129 g/mol. The average molecular weight is 129 g/mol. The summed E-state index contributed by atoms with van der Waals surface area (Å²) in [6, 6.07) is 0. The van der Waals surface area contributed by atoms with Crippen LogP contribution >= 0.6 is 0 Å². The molecule has 0 bridgehead atoms. The van der Waals surface area contributed by atoms with Crippen LogP contribution in [-0.2, 0) is 9.47 Å². The first-order chi connectivity index (χ1) is 4.14. The van der Waals surface area contributed by atoms with E-state index in [0.717, 1.165) is 6.42 Å². The number of ether oxygens (including phenoxy) is 2. The lowest BCUT2D eigenvalue weighted by Gasteiger charge is -2.16. The van der Waals surface area contributed by atoms with Crippen molar-refractivity contribution < 1.29 is 9.47 Å². The van der Waals surface area contributed by atoms with E-state index in [1.54, 1.807) is 0 Å². The van der Waals surface area contributed by atoms with Crippen LogP contribution in [0.4, 0.5) is 0 Å². The smallest absolute Gasteiger partial charge is 0.163 e. The molecule has 1 saturated heterocycles. The van der Waals surface area contributed by atoms with E-state index in [9.17, 15) is 0 Å². The highest BCUT2D eigenvalue weighted by atomic mass is 16.7. The normalized spacial score (nSPS) is 33.0. The van der Waals surface area contributed by atoms with Gasteiger partial charge in [0, 0.05) is 0 Å². The fourth-order valence-electron chi connectivity index (χ4n) is 0.905. The summed E-state index contributed by atoms with van der Waals surface area (Å²) in [6.45, 7) is 8.26. The number of rotatable bonds is 1. The van der Waals surface area contributed by atoms with Crippen LogP contribution in [0.15, 0.2) is 0 Å². The maximum absolute atomic E-state index is 5.41. The van der Waals surface area contributed by atoms with Gasteiger partial charge in [-0.05, 0) is 20.3 Å². The average Bonchev–Trinajstić information content (AvgIpc) is 2.10. The third-order valence-corrected chi connectivity index (χ3v) is 1.39. The second-order valence-corrected chi connectivity index (χ2v) is 2.74. The molecule has 1 heterocycles. The van der Waals surface area contributed by atoms with Crippen molar-refractivity contribution >= 4 is 0 Å². The van der Waals surface area contributed by atoms with Gasteiger partial charge in [-0.25, -0.2) is 0 Å². The van der Waals surface area contributed by atoms with E-state index >= 15 is 0 Å². The molecule has 1 fully saturated rings. The Morgan fingerprint density at radius 1 is 1.67 bits per heavy atom. The first-order valence-electron chi connectivity index (χ1n) is 3.25. The van der Waals surface area contributed by atoms with Crippen LogP contribution in [0, 0.1) is 6.92 Å². The molecule has 0 amide bonds. The van der Waals surface area contributed by atoms with Crippen molar-refractivity contribution in [3.05, 3.63) is 6.92 Å². The maximum atomic E-state index is 5.41. The molecule has 1 atom stereocenters. The van der Waals surface area contributed by atoms with Gasteiger partial charge in [-0.3, -0.25) is 0 Å². The van der Waals surface area contributed by atoms with Crippen LogP contribution in [0.5, 0.6) is 0 Å². The molecule has 2 nitrogen and oxygen atoms in total. The Balaban J connectivity index is 2.38. The number of hydrogen-bond donors (Lipinski definition) is 0. The van der Waals surface area contributed by atoms with E-state index in [0.29, 0.717) is 6.61 Å². The maximum Gasteiger partial charge on any atom is 0.163 e. The summed E-state index contributed by atoms with van der Waals surface area (Å²) in [5.74, 6) is -0.373. The van der Waals surface area contributed by atoms with Crippen molar-refractivity contribution in [2.75, 3.05) is 6.61 Å². The fourth-order valence-corrected chi connectivity index (χ4v) is 0.905. The van der Waals surface area contributed by atoms with Crippen molar-refractivity contribution in [1.82, 2.24) is 0 Å². The second kappa shape index (κ2) is 2.27. The van der Waals surface area contributed by atoms with Gasteiger partial charge in [0.05, 0.1) is 12.7 Å². The lowest BCUT2D eigenvalue weighted by atomic mass is 10.3. The van der Waals surface area contributed by atoms with Crippen molar-refractivity contribution in [3.63, 3.8) is 0 Å². The highest BCUT2D eigenvalue weighted by Crippen LogP contribution is 2.23. The van der Waals surface area contributed by atoms with Gasteiger partial charge in [0.1, 0.15) is 0 Å². The summed E-state index contributed by atoms with van der Waals surface area (Å²) < 4.78 is 10.7. The van der Waals surface area contributed by atoms with Gasteiger partial charge in [0.25, 0.3) is 0 Å². The molecule has 0 aliphatic carbocycles. The zero-order valence-electron chi connectivity index (χ0n) is 6.02. The van der Waals surface area contributed by atoms with Gasteiger partial charge in [0.15, 0.2) is 5.79 Å². The Labute approximate surface area is 56.2 Å². The summed E-state index contributed by atoms with van der Waals surface area (Å²) in [5.41, 5.74) is 0. The largest absolute Gasteiger partial charge is 0.348 e. The molecule has 0 saturated carbocycles. The molecule has 0 aromatic rings. The minimum atomic E-state index is -0.373. The van der Waals surface area contributed by atoms with Gasteiger partial charge >= 0.3 is 0 Å². The van der Waals surface area contributed by atoms with E-state index in [-0.39, 0.29) is 11.9 Å². The molecule has 1 rings (SSSR count). The van der Waals surface area contributed by atoms with E-state index in [2.05, 4.69) is 6.92 Å². The zero-order valence-corrected chi connectivity index (χ0v) is 6.02. The van der Waals surface area contributed by atoms with Crippen LogP contribution < -0.4 is 0 Å². The fraction of sp³-hybridized carbons (Fsp3) is 0.857. The van der Waals surface area contributed by atoms with Crippen LogP contribution in [0.2, 0.25) is 0 Å². The Morgan fingerprint density at radius 2 is 2.33 bits per heavy atom. The quantitative estimate of drug-likeness (QED) is 0.532. The van der Waals surface area contributed by atoms with E-state index in [1.807, 2.05) is 13.8 Å². The first-order valence-corrected chi connectivity index (χ1v) is 3.25. The van der Waals surface area contributed by atoms with Crippen LogP contribution in [0.25, 0.3) is 0 Å². The van der Waals surface area contributed by atoms with Crippen LogP contribution in [0.3, 0.4) is 0 Å². The van der Waals surface area contributed by atoms with Crippen molar-refractivity contribution in [2.45, 2.75) is 32.2 Å². The van der Waals surface area contributed by atoms with Crippen molar-refractivity contribution in [3.8, 4) is 0 Å². The van der Waals surface area contributed by atoms with E-state index < -0.39 is 0 Å². The molecule has 1 aliphatic rings. The third kappa shape index (κ3) is 1.66. The third-order valence-electron chi connectivity index (χ3n) is 1.39. The van der Waals surface area contributed by atoms with Gasteiger partial charge in [-0.15, -0.1) is 0 Å². The predicted octanol–water partition coefficient (Wildman–Crippen LogP) is 1.36. The lowest BCUT2D eigenvalue weighted by molar-refractivity contribution is -0.137. The predicted molar refractivity (Wildman–Crippen MR) is 34.9 cm³/mol. The summed E-state index contributed by atoms with van der Waals surface area (Å²) in [4.78, 5) is 0. The minimum absolute atomic E-state index is 0.208. The molecular weight excluding hydrogens is 116 g/mol. The van der Waals surface area contributed by atoms with Crippen molar-refractivity contribution in [2.24, 2.45) is 0 Å². The lowest BCUT2D eigenvalue weighted by Crippen LogP contribution is -2.21. The van der Waals surface area contributed by atoms with Crippen molar-refractivity contribution in [1.29, 1.82) is 0 Å². The summed E-state index contributed by atoms with van der Waals surface area (Å²) in [6.07, 6.45) is 1.00. The molecule has 1 unspecified atom stereocenters. The standard InChI is InChI=1S/C7H13O2/c1-4-6-5-8-7(2,3)9-6/h6H,1,4-5H2,2-3H3. The van der Waals surface area contributed by atoms with E-state index in [1.165, 1.54) is 0 Å². The Kier molecular flexibility index (Phi) is 1.78.